The van der Waals surface area contributed by atoms with Gasteiger partial charge in [-0.1, -0.05) is 37.8 Å². The first-order valence-electron chi connectivity index (χ1n) is 7.01. The molecule has 1 heterocycles. The molecule has 0 amide bonds. The Morgan fingerprint density at radius 1 is 1.43 bits per heavy atom. The predicted octanol–water partition coefficient (Wildman–Crippen LogP) is 3.22. The summed E-state index contributed by atoms with van der Waals surface area (Å²) in [5.74, 6) is 0.892. The number of nitrogens with zero attached hydrogens (tertiary/aromatic N) is 2. The van der Waals surface area contributed by atoms with E-state index in [2.05, 4.69) is 22.2 Å². The number of hydrogen-bond donors (Lipinski definition) is 2. The van der Waals surface area contributed by atoms with Gasteiger partial charge in [0, 0.05) is 12.7 Å². The van der Waals surface area contributed by atoms with Crippen LogP contribution < -0.4 is 15.8 Å². The molecule has 0 aliphatic carbocycles. The maximum absolute atomic E-state index is 5.92. The van der Waals surface area contributed by atoms with Gasteiger partial charge in [-0.3, -0.25) is 4.99 Å². The van der Waals surface area contributed by atoms with Gasteiger partial charge in [-0.15, -0.1) is 24.0 Å². The molecule has 0 spiro atoms. The van der Waals surface area contributed by atoms with Crippen molar-refractivity contribution in [2.45, 2.75) is 32.6 Å². The fourth-order valence-corrected chi connectivity index (χ4v) is 1.77. The largest absolute Gasteiger partial charge is 0.475 e. The van der Waals surface area contributed by atoms with E-state index in [4.69, 9.17) is 22.1 Å². The molecule has 1 aromatic rings. The van der Waals surface area contributed by atoms with Crippen LogP contribution in [0.2, 0.25) is 5.02 Å². The molecule has 5 nitrogen and oxygen atoms in total. The Morgan fingerprint density at radius 3 is 2.95 bits per heavy atom. The lowest BCUT2D eigenvalue weighted by atomic mass is 10.2. The fourth-order valence-electron chi connectivity index (χ4n) is 1.60. The zero-order valence-electron chi connectivity index (χ0n) is 12.3. The molecule has 1 rings (SSSR count). The van der Waals surface area contributed by atoms with Crippen molar-refractivity contribution in [3.05, 3.63) is 23.4 Å². The third-order valence-electron chi connectivity index (χ3n) is 2.67. The zero-order valence-corrected chi connectivity index (χ0v) is 15.4. The number of halogens is 2. The molecule has 0 saturated carbocycles. The van der Waals surface area contributed by atoms with Crippen LogP contribution in [0, 0.1) is 0 Å². The lowest BCUT2D eigenvalue weighted by molar-refractivity contribution is 0.310. The summed E-state index contributed by atoms with van der Waals surface area (Å²) in [6.07, 6.45) is 6.40. The minimum absolute atomic E-state index is 0. The number of ether oxygens (including phenoxy) is 1. The molecule has 120 valence electrons. The van der Waals surface area contributed by atoms with Crippen molar-refractivity contribution in [2.75, 3.05) is 19.7 Å². The summed E-state index contributed by atoms with van der Waals surface area (Å²) in [7, 11) is 0. The number of rotatable bonds is 9. The van der Waals surface area contributed by atoms with E-state index in [9.17, 15) is 0 Å². The number of aromatic nitrogens is 1. The first-order valence-corrected chi connectivity index (χ1v) is 7.39. The second kappa shape index (κ2) is 12.9. The van der Waals surface area contributed by atoms with Crippen LogP contribution in [0.25, 0.3) is 0 Å². The quantitative estimate of drug-likeness (QED) is 0.275. The maximum Gasteiger partial charge on any atom is 0.232 e. The first kappa shape index (κ1) is 20.2. The Hall–Kier alpha value is -0.760. The summed E-state index contributed by atoms with van der Waals surface area (Å²) >= 11 is 5.92. The van der Waals surface area contributed by atoms with Crippen LogP contribution in [-0.2, 0) is 0 Å². The summed E-state index contributed by atoms with van der Waals surface area (Å²) in [5, 5.41) is 3.50. The average molecular weight is 427 g/mol. The number of guanidine groups is 1. The summed E-state index contributed by atoms with van der Waals surface area (Å²) in [6.45, 7) is 3.96. The fraction of sp³-hybridized carbons (Fsp3) is 0.571. The van der Waals surface area contributed by atoms with E-state index in [-0.39, 0.29) is 24.0 Å². The normalized spacial score (nSPS) is 10.9. The van der Waals surface area contributed by atoms with Crippen LogP contribution in [-0.4, -0.2) is 30.6 Å². The zero-order chi connectivity index (χ0) is 14.6. The van der Waals surface area contributed by atoms with Crippen molar-refractivity contribution in [3.8, 4) is 5.88 Å². The van der Waals surface area contributed by atoms with Gasteiger partial charge < -0.3 is 15.8 Å². The molecule has 0 saturated heterocycles. The minimum Gasteiger partial charge on any atom is -0.475 e. The molecule has 0 bridgehead atoms. The molecule has 21 heavy (non-hydrogen) atoms. The van der Waals surface area contributed by atoms with Gasteiger partial charge in [0.1, 0.15) is 11.6 Å². The smallest absolute Gasteiger partial charge is 0.232 e. The molecule has 0 fully saturated rings. The molecule has 1 aromatic heterocycles. The minimum atomic E-state index is 0. The van der Waals surface area contributed by atoms with Gasteiger partial charge in [0.15, 0.2) is 5.96 Å². The van der Waals surface area contributed by atoms with Crippen LogP contribution in [0.1, 0.15) is 32.6 Å². The van der Waals surface area contributed by atoms with Crippen molar-refractivity contribution in [1.82, 2.24) is 10.3 Å². The third kappa shape index (κ3) is 9.73. The molecule has 0 aromatic carbocycles. The molecule has 7 heteroatoms. The van der Waals surface area contributed by atoms with Crippen molar-refractivity contribution in [3.63, 3.8) is 0 Å². The lowest BCUT2D eigenvalue weighted by Crippen LogP contribution is -2.34. The molecule has 0 aliphatic rings. The highest BCUT2D eigenvalue weighted by atomic mass is 127. The van der Waals surface area contributed by atoms with Gasteiger partial charge >= 0.3 is 0 Å². The van der Waals surface area contributed by atoms with Crippen molar-refractivity contribution >= 4 is 41.5 Å². The highest BCUT2D eigenvalue weighted by Gasteiger charge is 2.00. The van der Waals surface area contributed by atoms with Gasteiger partial charge in [-0.2, -0.15) is 0 Å². The van der Waals surface area contributed by atoms with E-state index in [0.29, 0.717) is 30.0 Å². The first-order chi connectivity index (χ1) is 9.74. The van der Waals surface area contributed by atoms with E-state index >= 15 is 0 Å². The highest BCUT2D eigenvalue weighted by molar-refractivity contribution is 14.0. The average Bonchev–Trinajstić information content (AvgIpc) is 2.45. The maximum atomic E-state index is 5.92. The standard InChI is InChI=1S/C14H23ClN4O.HI/c1-2-3-4-5-8-18-14(16)19-10-11-20-13-12(15)7-6-9-17-13;/h6-7,9H,2-5,8,10-11H2,1H3,(H3,16,18,19);1H. The third-order valence-corrected chi connectivity index (χ3v) is 2.95. The van der Waals surface area contributed by atoms with Crippen LogP contribution >= 0.6 is 35.6 Å². The van der Waals surface area contributed by atoms with E-state index in [1.807, 2.05) is 0 Å². The molecular formula is C14H24ClIN4O. The Labute approximate surface area is 148 Å². The van der Waals surface area contributed by atoms with E-state index in [1.54, 1.807) is 18.3 Å². The number of nitrogens with one attached hydrogen (secondary N) is 1. The predicted molar refractivity (Wildman–Crippen MR) is 98.8 cm³/mol. The molecule has 0 aliphatic heterocycles. The Kier molecular flexibility index (Phi) is 12.5. The number of nitrogens with two attached hydrogens (primary N) is 1. The number of aliphatic imine (C=N–C) groups is 1. The summed E-state index contributed by atoms with van der Waals surface area (Å²) in [4.78, 5) is 8.27. The second-order valence-electron chi connectivity index (χ2n) is 4.39. The Morgan fingerprint density at radius 2 is 2.24 bits per heavy atom. The Bertz CT molecular complexity index is 418. The van der Waals surface area contributed by atoms with Gasteiger partial charge in [-0.25, -0.2) is 4.98 Å². The lowest BCUT2D eigenvalue weighted by Gasteiger charge is -2.08. The van der Waals surface area contributed by atoms with Gasteiger partial charge in [0.25, 0.3) is 0 Å². The molecule has 0 radical (unpaired) electrons. The topological polar surface area (TPSA) is 72.5 Å². The number of hydrogen-bond acceptors (Lipinski definition) is 3. The van der Waals surface area contributed by atoms with Crippen LogP contribution in [0.15, 0.2) is 23.3 Å². The molecule has 0 unspecified atom stereocenters. The highest BCUT2D eigenvalue weighted by Crippen LogP contribution is 2.19. The molecular weight excluding hydrogens is 403 g/mol. The van der Waals surface area contributed by atoms with Crippen LogP contribution in [0.3, 0.4) is 0 Å². The van der Waals surface area contributed by atoms with Gasteiger partial charge in [0.05, 0.1) is 6.54 Å². The van der Waals surface area contributed by atoms with Crippen LogP contribution in [0.4, 0.5) is 0 Å². The number of unbranched alkanes of at least 4 members (excludes halogenated alkanes) is 3. The van der Waals surface area contributed by atoms with Crippen molar-refractivity contribution in [2.24, 2.45) is 10.7 Å². The summed E-state index contributed by atoms with van der Waals surface area (Å²) in [6, 6.07) is 3.50. The number of pyridine rings is 1. The van der Waals surface area contributed by atoms with Crippen molar-refractivity contribution < 1.29 is 4.74 Å². The van der Waals surface area contributed by atoms with E-state index in [0.717, 1.165) is 13.0 Å². The van der Waals surface area contributed by atoms with E-state index < -0.39 is 0 Å². The van der Waals surface area contributed by atoms with Crippen LogP contribution in [0.5, 0.6) is 5.88 Å². The van der Waals surface area contributed by atoms with Gasteiger partial charge in [-0.05, 0) is 18.6 Å². The monoisotopic (exact) mass is 426 g/mol. The van der Waals surface area contributed by atoms with Crippen molar-refractivity contribution in [1.29, 1.82) is 0 Å². The summed E-state index contributed by atoms with van der Waals surface area (Å²) in [5.41, 5.74) is 5.74. The van der Waals surface area contributed by atoms with E-state index in [1.165, 1.54) is 19.3 Å². The van der Waals surface area contributed by atoms with Gasteiger partial charge in [0.2, 0.25) is 5.88 Å². The molecule has 0 atom stereocenters. The SMILES string of the molecule is CCCCCCN=C(N)NCCOc1ncccc1Cl.I. The molecule has 3 N–H and O–H groups in total. The Balaban J connectivity index is 0.00000400. The summed E-state index contributed by atoms with van der Waals surface area (Å²) < 4.78 is 5.43. The second-order valence-corrected chi connectivity index (χ2v) is 4.80.